The van der Waals surface area contributed by atoms with Crippen LogP contribution in [0.2, 0.25) is 5.02 Å². The molecule has 1 atom stereocenters. The molecule has 0 radical (unpaired) electrons. The number of nitrogens with one attached hydrogen (secondary N) is 1. The van der Waals surface area contributed by atoms with Gasteiger partial charge in [0.05, 0.1) is 12.5 Å². The monoisotopic (exact) mass is 399 g/mol. The SMILES string of the molecule is O=C(Cc1ccc2c(c1)OCCO2)NC(c1ccc(Cl)cc1)c1ccsc1. The van der Waals surface area contributed by atoms with E-state index in [0.29, 0.717) is 24.0 Å². The first-order valence-electron chi connectivity index (χ1n) is 8.64. The van der Waals surface area contributed by atoms with Gasteiger partial charge in [0.1, 0.15) is 13.2 Å². The summed E-state index contributed by atoms with van der Waals surface area (Å²) in [4.78, 5) is 12.7. The standard InChI is InChI=1S/C21H18ClNO3S/c22-17-4-2-15(3-5-17)21(16-7-10-27-13-16)23-20(24)12-14-1-6-18-19(11-14)26-9-8-25-18/h1-7,10-11,13,21H,8-9,12H2,(H,23,24). The van der Waals surface area contributed by atoms with Crippen molar-refractivity contribution >= 4 is 28.8 Å². The number of amides is 1. The number of carbonyl (C=O) groups excluding carboxylic acids is 1. The molecule has 138 valence electrons. The maximum absolute atomic E-state index is 12.7. The molecule has 0 saturated heterocycles. The van der Waals surface area contributed by atoms with Crippen molar-refractivity contribution in [3.8, 4) is 11.5 Å². The van der Waals surface area contributed by atoms with Crippen molar-refractivity contribution in [2.45, 2.75) is 12.5 Å². The highest BCUT2D eigenvalue weighted by molar-refractivity contribution is 7.08. The zero-order valence-corrected chi connectivity index (χ0v) is 16.1. The Balaban J connectivity index is 1.51. The lowest BCUT2D eigenvalue weighted by molar-refractivity contribution is -0.120. The molecule has 0 saturated carbocycles. The normalized spacial score (nSPS) is 13.8. The Morgan fingerprint density at radius 2 is 1.81 bits per heavy atom. The summed E-state index contributed by atoms with van der Waals surface area (Å²) in [5.74, 6) is 1.36. The first kappa shape index (κ1) is 17.9. The number of rotatable bonds is 5. The Morgan fingerprint density at radius 1 is 1.04 bits per heavy atom. The third-order valence-electron chi connectivity index (χ3n) is 4.36. The maximum atomic E-state index is 12.7. The molecule has 2 aromatic carbocycles. The average molecular weight is 400 g/mol. The van der Waals surface area contributed by atoms with E-state index < -0.39 is 0 Å². The van der Waals surface area contributed by atoms with Crippen molar-refractivity contribution in [3.05, 3.63) is 81.0 Å². The van der Waals surface area contributed by atoms with Gasteiger partial charge in [0.15, 0.2) is 11.5 Å². The van der Waals surface area contributed by atoms with E-state index in [-0.39, 0.29) is 18.4 Å². The number of hydrogen-bond donors (Lipinski definition) is 1. The van der Waals surface area contributed by atoms with Crippen LogP contribution in [0.25, 0.3) is 0 Å². The van der Waals surface area contributed by atoms with Crippen LogP contribution >= 0.6 is 22.9 Å². The van der Waals surface area contributed by atoms with E-state index in [0.717, 1.165) is 22.4 Å². The Morgan fingerprint density at radius 3 is 2.56 bits per heavy atom. The van der Waals surface area contributed by atoms with Crippen LogP contribution < -0.4 is 14.8 Å². The molecule has 2 heterocycles. The Labute approximate surface area is 166 Å². The first-order chi connectivity index (χ1) is 13.2. The second-order valence-corrected chi connectivity index (χ2v) is 7.48. The minimum absolute atomic E-state index is 0.0576. The van der Waals surface area contributed by atoms with Crippen LogP contribution in [-0.2, 0) is 11.2 Å². The number of ether oxygens (including phenoxy) is 2. The predicted octanol–water partition coefficient (Wildman–Crippen LogP) is 4.62. The van der Waals surface area contributed by atoms with E-state index in [9.17, 15) is 4.79 Å². The molecule has 1 aliphatic heterocycles. The fourth-order valence-corrected chi connectivity index (χ4v) is 3.86. The minimum Gasteiger partial charge on any atom is -0.486 e. The molecule has 0 bridgehead atoms. The van der Waals surface area contributed by atoms with Crippen LogP contribution in [0.15, 0.2) is 59.3 Å². The molecule has 6 heteroatoms. The van der Waals surface area contributed by atoms with E-state index in [4.69, 9.17) is 21.1 Å². The van der Waals surface area contributed by atoms with Gasteiger partial charge in [0.25, 0.3) is 0 Å². The van der Waals surface area contributed by atoms with Gasteiger partial charge in [-0.1, -0.05) is 29.8 Å². The van der Waals surface area contributed by atoms with E-state index >= 15 is 0 Å². The number of thiophene rings is 1. The number of fused-ring (bicyclic) bond motifs is 1. The molecule has 1 unspecified atom stereocenters. The Kier molecular flexibility index (Phi) is 5.32. The van der Waals surface area contributed by atoms with Gasteiger partial charge in [0, 0.05) is 5.02 Å². The van der Waals surface area contributed by atoms with Crippen LogP contribution in [0, 0.1) is 0 Å². The summed E-state index contributed by atoms with van der Waals surface area (Å²) >= 11 is 7.61. The molecular formula is C21H18ClNO3S. The molecule has 4 nitrogen and oxygen atoms in total. The molecule has 0 spiro atoms. The molecule has 0 aliphatic carbocycles. The van der Waals surface area contributed by atoms with Crippen LogP contribution in [0.5, 0.6) is 11.5 Å². The molecule has 27 heavy (non-hydrogen) atoms. The number of carbonyl (C=O) groups is 1. The third-order valence-corrected chi connectivity index (χ3v) is 5.31. The zero-order chi connectivity index (χ0) is 18.6. The van der Waals surface area contributed by atoms with Gasteiger partial charge in [-0.25, -0.2) is 0 Å². The molecule has 4 rings (SSSR count). The summed E-state index contributed by atoms with van der Waals surface area (Å²) in [6.07, 6.45) is 0.269. The fourth-order valence-electron chi connectivity index (χ4n) is 3.05. The van der Waals surface area contributed by atoms with E-state index in [1.54, 1.807) is 11.3 Å². The zero-order valence-electron chi connectivity index (χ0n) is 14.5. The number of halogens is 1. The molecule has 0 fully saturated rings. The van der Waals surface area contributed by atoms with Crippen molar-refractivity contribution < 1.29 is 14.3 Å². The van der Waals surface area contributed by atoms with Crippen molar-refractivity contribution in [2.75, 3.05) is 13.2 Å². The third kappa shape index (κ3) is 4.26. The summed E-state index contributed by atoms with van der Waals surface area (Å²) in [5, 5.41) is 7.86. The largest absolute Gasteiger partial charge is 0.486 e. The molecule has 3 aromatic rings. The van der Waals surface area contributed by atoms with Gasteiger partial charge >= 0.3 is 0 Å². The minimum atomic E-state index is -0.210. The van der Waals surface area contributed by atoms with E-state index in [1.807, 2.05) is 59.3 Å². The van der Waals surface area contributed by atoms with Crippen molar-refractivity contribution in [1.29, 1.82) is 0 Å². The summed E-state index contributed by atoms with van der Waals surface area (Å²) in [6.45, 7) is 1.08. The van der Waals surface area contributed by atoms with E-state index in [2.05, 4.69) is 5.32 Å². The maximum Gasteiger partial charge on any atom is 0.225 e. The van der Waals surface area contributed by atoms with Crippen LogP contribution in [0.1, 0.15) is 22.7 Å². The predicted molar refractivity (Wildman–Crippen MR) is 107 cm³/mol. The summed E-state index contributed by atoms with van der Waals surface area (Å²) < 4.78 is 11.1. The summed E-state index contributed by atoms with van der Waals surface area (Å²) in [5.41, 5.74) is 2.93. The second-order valence-electron chi connectivity index (χ2n) is 6.26. The van der Waals surface area contributed by atoms with E-state index in [1.165, 1.54) is 0 Å². The second kappa shape index (κ2) is 8.03. The number of benzene rings is 2. The van der Waals surface area contributed by atoms with Gasteiger partial charge in [-0.2, -0.15) is 11.3 Å². The molecular weight excluding hydrogens is 382 g/mol. The first-order valence-corrected chi connectivity index (χ1v) is 9.96. The van der Waals surface area contributed by atoms with Crippen molar-refractivity contribution in [1.82, 2.24) is 5.32 Å². The Bertz CT molecular complexity index is 925. The molecule has 1 N–H and O–H groups in total. The number of hydrogen-bond acceptors (Lipinski definition) is 4. The van der Waals surface area contributed by atoms with Gasteiger partial charge in [-0.05, 0) is 57.8 Å². The van der Waals surface area contributed by atoms with Crippen LogP contribution in [0.3, 0.4) is 0 Å². The highest BCUT2D eigenvalue weighted by atomic mass is 35.5. The summed E-state index contributed by atoms with van der Waals surface area (Å²) in [6, 6.07) is 15.0. The quantitative estimate of drug-likeness (QED) is 0.680. The van der Waals surface area contributed by atoms with Crippen molar-refractivity contribution in [2.24, 2.45) is 0 Å². The van der Waals surface area contributed by atoms with Crippen molar-refractivity contribution in [3.63, 3.8) is 0 Å². The lowest BCUT2D eigenvalue weighted by Gasteiger charge is -2.20. The lowest BCUT2D eigenvalue weighted by Crippen LogP contribution is -2.30. The topological polar surface area (TPSA) is 47.6 Å². The average Bonchev–Trinajstić information content (AvgIpc) is 3.21. The summed E-state index contributed by atoms with van der Waals surface area (Å²) in [7, 11) is 0. The van der Waals surface area contributed by atoms with Gasteiger partial charge in [-0.15, -0.1) is 0 Å². The molecule has 1 aromatic heterocycles. The highest BCUT2D eigenvalue weighted by Gasteiger charge is 2.19. The highest BCUT2D eigenvalue weighted by Crippen LogP contribution is 2.31. The van der Waals surface area contributed by atoms with Gasteiger partial charge in [0.2, 0.25) is 5.91 Å². The van der Waals surface area contributed by atoms with Crippen LogP contribution in [0.4, 0.5) is 0 Å². The fraction of sp³-hybridized carbons (Fsp3) is 0.190. The lowest BCUT2D eigenvalue weighted by atomic mass is 10.0. The smallest absolute Gasteiger partial charge is 0.225 e. The van der Waals surface area contributed by atoms with Gasteiger partial charge < -0.3 is 14.8 Å². The molecule has 1 aliphatic rings. The molecule has 1 amide bonds. The Hall–Kier alpha value is -2.50. The van der Waals surface area contributed by atoms with Gasteiger partial charge in [-0.3, -0.25) is 4.79 Å². The van der Waals surface area contributed by atoms with Crippen LogP contribution in [-0.4, -0.2) is 19.1 Å².